The second-order valence-corrected chi connectivity index (χ2v) is 7.61. The molecule has 1 aliphatic heterocycles. The van der Waals surface area contributed by atoms with Crippen molar-refractivity contribution in [2.24, 2.45) is 0 Å². The maximum absolute atomic E-state index is 12.8. The van der Waals surface area contributed by atoms with E-state index in [0.29, 0.717) is 6.07 Å². The number of aliphatic hydroxyl groups is 1. The molecule has 0 fully saturated rings. The Morgan fingerprint density at radius 1 is 1.11 bits per heavy atom. The van der Waals surface area contributed by atoms with Crippen molar-refractivity contribution in [1.82, 2.24) is 0 Å². The summed E-state index contributed by atoms with van der Waals surface area (Å²) in [7, 11) is -3.19. The van der Waals surface area contributed by atoms with Gasteiger partial charge in [0.25, 0.3) is 15.9 Å². The van der Waals surface area contributed by atoms with Crippen LogP contribution in [0.5, 0.6) is 0 Å². The monoisotopic (exact) mass is 398 g/mol. The molecular formula is C17H13F3N2O4S. The highest BCUT2D eigenvalue weighted by Gasteiger charge is 2.39. The maximum atomic E-state index is 12.8. The van der Waals surface area contributed by atoms with Crippen LogP contribution in [0.4, 0.5) is 24.5 Å². The van der Waals surface area contributed by atoms with Crippen molar-refractivity contribution in [3.8, 4) is 0 Å². The van der Waals surface area contributed by atoms with Gasteiger partial charge in [-0.1, -0.05) is 18.2 Å². The van der Waals surface area contributed by atoms with Crippen molar-refractivity contribution >= 4 is 33.1 Å². The van der Waals surface area contributed by atoms with Crippen LogP contribution in [0.1, 0.15) is 11.1 Å². The van der Waals surface area contributed by atoms with Crippen molar-refractivity contribution in [3.05, 3.63) is 64.6 Å². The zero-order valence-corrected chi connectivity index (χ0v) is 14.6. The summed E-state index contributed by atoms with van der Waals surface area (Å²) >= 11 is 0. The molecule has 3 rings (SSSR count). The fourth-order valence-electron chi connectivity index (χ4n) is 2.65. The van der Waals surface area contributed by atoms with E-state index in [2.05, 4.69) is 5.32 Å². The number of sulfonamides is 1. The molecule has 6 nitrogen and oxygen atoms in total. The van der Waals surface area contributed by atoms with Gasteiger partial charge in [0.15, 0.2) is 10.7 Å². The Morgan fingerprint density at radius 2 is 1.78 bits per heavy atom. The maximum Gasteiger partial charge on any atom is 0.416 e. The number of nitrogens with zero attached hydrogens (tertiary/aromatic N) is 1. The highest BCUT2D eigenvalue weighted by atomic mass is 32.2. The number of carbonyl (C=O) groups is 1. The molecule has 27 heavy (non-hydrogen) atoms. The van der Waals surface area contributed by atoms with Gasteiger partial charge in [-0.3, -0.25) is 9.10 Å². The zero-order valence-electron chi connectivity index (χ0n) is 13.8. The molecule has 1 heterocycles. The van der Waals surface area contributed by atoms with Crippen LogP contribution in [-0.2, 0) is 21.0 Å². The molecule has 0 saturated heterocycles. The van der Waals surface area contributed by atoms with Gasteiger partial charge in [-0.2, -0.15) is 13.2 Å². The van der Waals surface area contributed by atoms with Gasteiger partial charge in [0.1, 0.15) is 0 Å². The summed E-state index contributed by atoms with van der Waals surface area (Å²) in [4.78, 5) is 11.6. The van der Waals surface area contributed by atoms with E-state index in [1.165, 1.54) is 25.2 Å². The number of carbonyl (C=O) groups excluding carboxylic acids is 1. The molecule has 1 aliphatic rings. The molecule has 0 spiro atoms. The largest absolute Gasteiger partial charge is 0.506 e. The predicted octanol–water partition coefficient (Wildman–Crippen LogP) is 3.35. The van der Waals surface area contributed by atoms with E-state index in [1.54, 1.807) is 12.1 Å². The van der Waals surface area contributed by atoms with Crippen molar-refractivity contribution < 1.29 is 31.5 Å². The fraction of sp³-hybridized carbons (Fsp3) is 0.118. The second-order valence-electron chi connectivity index (χ2n) is 5.70. The van der Waals surface area contributed by atoms with Crippen LogP contribution in [0.25, 0.3) is 5.76 Å². The van der Waals surface area contributed by atoms with E-state index in [-0.39, 0.29) is 16.9 Å². The number of rotatable bonds is 2. The SMILES string of the molecule is CN1c2ccccc2C(O)=C(C(=O)Nc2cccc(C(F)(F)F)c2)S1(=O)=O. The topological polar surface area (TPSA) is 86.7 Å². The summed E-state index contributed by atoms with van der Waals surface area (Å²) in [5.41, 5.74) is -0.978. The zero-order chi connectivity index (χ0) is 20.0. The molecule has 0 atom stereocenters. The van der Waals surface area contributed by atoms with Crippen LogP contribution in [0, 0.1) is 0 Å². The lowest BCUT2D eigenvalue weighted by Crippen LogP contribution is -2.37. The lowest BCUT2D eigenvalue weighted by molar-refractivity contribution is -0.137. The van der Waals surface area contributed by atoms with Crippen LogP contribution in [-0.4, -0.2) is 26.5 Å². The molecule has 10 heteroatoms. The first kappa shape index (κ1) is 18.8. The molecule has 0 bridgehead atoms. The van der Waals surface area contributed by atoms with E-state index < -0.39 is 38.3 Å². The molecule has 0 saturated carbocycles. The van der Waals surface area contributed by atoms with E-state index in [0.717, 1.165) is 16.4 Å². The highest BCUT2D eigenvalue weighted by molar-refractivity contribution is 7.97. The Morgan fingerprint density at radius 3 is 2.44 bits per heavy atom. The van der Waals surface area contributed by atoms with Crippen LogP contribution in [0.2, 0.25) is 0 Å². The number of hydrogen-bond acceptors (Lipinski definition) is 4. The predicted molar refractivity (Wildman–Crippen MR) is 93.4 cm³/mol. The van der Waals surface area contributed by atoms with Gasteiger partial charge in [0.05, 0.1) is 11.3 Å². The Hall–Kier alpha value is -3.01. The number of benzene rings is 2. The van der Waals surface area contributed by atoms with E-state index >= 15 is 0 Å². The first-order valence-corrected chi connectivity index (χ1v) is 8.97. The fourth-order valence-corrected chi connectivity index (χ4v) is 3.98. The van der Waals surface area contributed by atoms with E-state index in [4.69, 9.17) is 0 Å². The number of amides is 1. The first-order valence-electron chi connectivity index (χ1n) is 7.53. The third-order valence-corrected chi connectivity index (χ3v) is 5.80. The molecular weight excluding hydrogens is 385 g/mol. The van der Waals surface area contributed by atoms with Gasteiger partial charge in [-0.25, -0.2) is 8.42 Å². The molecule has 2 aromatic rings. The summed E-state index contributed by atoms with van der Waals surface area (Å²) in [6.45, 7) is 0. The number of hydrogen-bond donors (Lipinski definition) is 2. The molecule has 0 aromatic heterocycles. The Balaban J connectivity index is 2.04. The molecule has 2 aromatic carbocycles. The van der Waals surface area contributed by atoms with Crippen molar-refractivity contribution in [2.45, 2.75) is 6.18 Å². The summed E-state index contributed by atoms with van der Waals surface area (Å²) < 4.78 is 64.4. The second kappa shape index (κ2) is 6.31. The normalized spacial score (nSPS) is 16.1. The Labute approximate surface area is 152 Å². The lowest BCUT2D eigenvalue weighted by atomic mass is 10.1. The van der Waals surface area contributed by atoms with Gasteiger partial charge in [-0.15, -0.1) is 0 Å². The number of alkyl halides is 3. The smallest absolute Gasteiger partial charge is 0.416 e. The number of anilines is 2. The van der Waals surface area contributed by atoms with Crippen LogP contribution in [0.3, 0.4) is 0 Å². The van der Waals surface area contributed by atoms with Crippen molar-refractivity contribution in [3.63, 3.8) is 0 Å². The molecule has 0 radical (unpaired) electrons. The van der Waals surface area contributed by atoms with Gasteiger partial charge in [0, 0.05) is 18.3 Å². The number of halogens is 3. The number of aliphatic hydroxyl groups excluding tert-OH is 1. The third-order valence-electron chi connectivity index (χ3n) is 3.99. The standard InChI is InChI=1S/C17H13F3N2O4S/c1-22-13-8-3-2-7-12(13)14(23)15(27(22,25)26)16(24)21-11-6-4-5-10(9-11)17(18,19)20/h2-9,23H,1H3,(H,21,24). The molecule has 0 unspecified atom stereocenters. The Bertz CT molecular complexity index is 1060. The average molecular weight is 398 g/mol. The van der Waals surface area contributed by atoms with Crippen LogP contribution in [0.15, 0.2) is 53.4 Å². The number of nitrogens with one attached hydrogen (secondary N) is 1. The Kier molecular flexibility index (Phi) is 4.38. The molecule has 2 N–H and O–H groups in total. The minimum absolute atomic E-state index is 0.115. The van der Waals surface area contributed by atoms with Gasteiger partial charge < -0.3 is 10.4 Å². The first-order chi connectivity index (χ1) is 12.5. The van der Waals surface area contributed by atoms with Gasteiger partial charge in [0.2, 0.25) is 0 Å². The van der Waals surface area contributed by atoms with Gasteiger partial charge >= 0.3 is 6.18 Å². The van der Waals surface area contributed by atoms with E-state index in [9.17, 15) is 31.5 Å². The van der Waals surface area contributed by atoms with Crippen LogP contribution >= 0.6 is 0 Å². The minimum atomic E-state index is -4.63. The van der Waals surface area contributed by atoms with Crippen molar-refractivity contribution in [2.75, 3.05) is 16.7 Å². The summed E-state index contributed by atoms with van der Waals surface area (Å²) in [5, 5.41) is 12.4. The average Bonchev–Trinajstić information content (AvgIpc) is 2.59. The summed E-state index contributed by atoms with van der Waals surface area (Å²) in [5.74, 6) is -2.01. The number of para-hydroxylation sites is 1. The molecule has 142 valence electrons. The number of fused-ring (bicyclic) bond motifs is 1. The van der Waals surface area contributed by atoms with E-state index in [1.807, 2.05) is 0 Å². The molecule has 0 aliphatic carbocycles. The third kappa shape index (κ3) is 3.23. The molecule has 1 amide bonds. The quantitative estimate of drug-likeness (QED) is 0.812. The lowest BCUT2D eigenvalue weighted by Gasteiger charge is -2.28. The summed E-state index contributed by atoms with van der Waals surface area (Å²) in [6.07, 6.45) is -4.63. The van der Waals surface area contributed by atoms with Gasteiger partial charge in [-0.05, 0) is 30.3 Å². The van der Waals surface area contributed by atoms with Crippen LogP contribution < -0.4 is 9.62 Å². The summed E-state index contributed by atoms with van der Waals surface area (Å²) in [6, 6.07) is 9.71. The van der Waals surface area contributed by atoms with Crippen molar-refractivity contribution in [1.29, 1.82) is 0 Å². The highest BCUT2D eigenvalue weighted by Crippen LogP contribution is 2.37. The minimum Gasteiger partial charge on any atom is -0.506 e.